The van der Waals surface area contributed by atoms with Crippen LogP contribution in [0.1, 0.15) is 20.3 Å². The summed E-state index contributed by atoms with van der Waals surface area (Å²) in [5.74, 6) is -1.09. The van der Waals surface area contributed by atoms with Crippen LogP contribution in [-0.2, 0) is 19.7 Å². The van der Waals surface area contributed by atoms with E-state index in [-0.39, 0.29) is 25.5 Å². The van der Waals surface area contributed by atoms with E-state index in [0.29, 0.717) is 0 Å². The molecule has 2 N–H and O–H groups in total. The number of carbonyl (C=O) groups is 1. The number of carboxylic acid groups (broad SMARTS) is 1. The molecule has 1 unspecified atom stereocenters. The van der Waals surface area contributed by atoms with Crippen LogP contribution in [0.4, 0.5) is 0 Å². The van der Waals surface area contributed by atoms with E-state index < -0.39 is 22.2 Å². The molecule has 1 atom stereocenters. The lowest BCUT2D eigenvalue weighted by molar-refractivity contribution is -0.139. The molecule has 0 heterocycles. The second-order valence-corrected chi connectivity index (χ2v) is 6.27. The van der Waals surface area contributed by atoms with Gasteiger partial charge in [0, 0.05) is 20.7 Å². The lowest BCUT2D eigenvalue weighted by Gasteiger charge is -2.21. The van der Waals surface area contributed by atoms with E-state index in [1.165, 1.54) is 14.2 Å². The van der Waals surface area contributed by atoms with Gasteiger partial charge in [0.15, 0.2) is 0 Å². The van der Waals surface area contributed by atoms with Gasteiger partial charge >= 0.3 is 5.97 Å². The predicted octanol–water partition coefficient (Wildman–Crippen LogP) is -0.102. The van der Waals surface area contributed by atoms with Gasteiger partial charge in [-0.2, -0.15) is 17.4 Å². The fraction of sp³-hybridized carbons (Fsp3) is 0.900. The van der Waals surface area contributed by atoms with E-state index in [9.17, 15) is 13.2 Å². The van der Waals surface area contributed by atoms with Crippen molar-refractivity contribution in [3.63, 3.8) is 0 Å². The van der Waals surface area contributed by atoms with E-state index in [2.05, 4.69) is 4.72 Å². The van der Waals surface area contributed by atoms with Crippen molar-refractivity contribution in [2.45, 2.75) is 26.3 Å². The molecule has 0 rings (SSSR count). The summed E-state index contributed by atoms with van der Waals surface area (Å²) in [6.45, 7) is 4.08. The average Bonchev–Trinajstić information content (AvgIpc) is 2.23. The van der Waals surface area contributed by atoms with E-state index in [4.69, 9.17) is 9.84 Å². The summed E-state index contributed by atoms with van der Waals surface area (Å²) in [6, 6.07) is -1.11. The van der Waals surface area contributed by atoms with Crippen LogP contribution >= 0.6 is 0 Å². The van der Waals surface area contributed by atoms with Gasteiger partial charge in [-0.15, -0.1) is 0 Å². The van der Waals surface area contributed by atoms with Gasteiger partial charge in [0.2, 0.25) is 0 Å². The first-order chi connectivity index (χ1) is 8.20. The highest BCUT2D eigenvalue weighted by Gasteiger charge is 2.27. The average molecular weight is 282 g/mol. The van der Waals surface area contributed by atoms with Gasteiger partial charge in [-0.3, -0.25) is 4.79 Å². The summed E-state index contributed by atoms with van der Waals surface area (Å²) >= 11 is 0. The number of methoxy groups -OCH3 is 1. The van der Waals surface area contributed by atoms with Crippen LogP contribution in [0.3, 0.4) is 0 Å². The normalized spacial score (nSPS) is 14.1. The summed E-state index contributed by atoms with van der Waals surface area (Å²) in [5.41, 5.74) is 0. The largest absolute Gasteiger partial charge is 0.480 e. The first-order valence-electron chi connectivity index (χ1n) is 5.66. The molecule has 8 heteroatoms. The monoisotopic (exact) mass is 282 g/mol. The first-order valence-corrected chi connectivity index (χ1v) is 7.10. The number of nitrogens with one attached hydrogen (secondary N) is 1. The number of carboxylic acids is 1. The number of likely N-dealkylation sites (N-methyl/N-ethyl adjacent to an activating group) is 1. The van der Waals surface area contributed by atoms with Crippen molar-refractivity contribution >= 4 is 16.2 Å². The maximum Gasteiger partial charge on any atom is 0.321 e. The van der Waals surface area contributed by atoms with E-state index in [1.807, 2.05) is 13.8 Å². The van der Waals surface area contributed by atoms with Gasteiger partial charge in [-0.25, -0.2) is 0 Å². The van der Waals surface area contributed by atoms with Gasteiger partial charge < -0.3 is 9.84 Å². The third-order valence-electron chi connectivity index (χ3n) is 2.32. The molecule has 0 bridgehead atoms. The van der Waals surface area contributed by atoms with Crippen LogP contribution in [-0.4, -0.2) is 57.1 Å². The molecule has 108 valence electrons. The van der Waals surface area contributed by atoms with E-state index in [1.54, 1.807) is 0 Å². The second-order valence-electron chi connectivity index (χ2n) is 4.46. The Hall–Kier alpha value is -0.700. The predicted molar refractivity (Wildman–Crippen MR) is 67.4 cm³/mol. The first kappa shape index (κ1) is 17.3. The third-order valence-corrected chi connectivity index (χ3v) is 3.90. The van der Waals surface area contributed by atoms with E-state index in [0.717, 1.165) is 4.31 Å². The number of ether oxygens (including phenoxy) is 1. The lowest BCUT2D eigenvalue weighted by atomic mass is 10.1. The molecule has 0 aliphatic heterocycles. The van der Waals surface area contributed by atoms with Crippen molar-refractivity contribution < 1.29 is 23.1 Å². The van der Waals surface area contributed by atoms with Crippen LogP contribution in [0.5, 0.6) is 0 Å². The zero-order valence-electron chi connectivity index (χ0n) is 11.2. The minimum absolute atomic E-state index is 0.0816. The highest BCUT2D eigenvalue weighted by molar-refractivity contribution is 7.87. The SMILES string of the molecule is COCCN(C)S(=O)(=O)NC(CC(C)C)C(=O)O. The molecule has 0 spiro atoms. The molecule has 0 radical (unpaired) electrons. The fourth-order valence-electron chi connectivity index (χ4n) is 1.28. The summed E-state index contributed by atoms with van der Waals surface area (Å²) in [6.07, 6.45) is 0.243. The molecule has 0 fully saturated rings. The van der Waals surface area contributed by atoms with E-state index >= 15 is 0 Å². The smallest absolute Gasteiger partial charge is 0.321 e. The Balaban J connectivity index is 4.64. The van der Waals surface area contributed by atoms with Crippen molar-refractivity contribution in [2.24, 2.45) is 5.92 Å². The molecule has 0 aromatic carbocycles. The summed E-state index contributed by atoms with van der Waals surface area (Å²) in [7, 11) is -0.964. The summed E-state index contributed by atoms with van der Waals surface area (Å²) < 4.78 is 31.6. The number of nitrogens with zero attached hydrogens (tertiary/aromatic N) is 1. The maximum atomic E-state index is 11.8. The van der Waals surface area contributed by atoms with Gasteiger partial charge in [-0.1, -0.05) is 13.8 Å². The molecule has 0 amide bonds. The molecule has 0 aliphatic carbocycles. The Morgan fingerprint density at radius 1 is 1.44 bits per heavy atom. The van der Waals surface area contributed by atoms with Crippen LogP contribution < -0.4 is 4.72 Å². The minimum atomic E-state index is -3.80. The highest BCUT2D eigenvalue weighted by atomic mass is 32.2. The van der Waals surface area contributed by atoms with Crippen molar-refractivity contribution in [1.82, 2.24) is 9.03 Å². The molecule has 0 aromatic rings. The maximum absolute atomic E-state index is 11.8. The standard InChI is InChI=1S/C10H22N2O5S/c1-8(2)7-9(10(13)14)11-18(15,16)12(3)5-6-17-4/h8-9,11H,5-7H2,1-4H3,(H,13,14). The Labute approximate surface area is 108 Å². The van der Waals surface area contributed by atoms with Gasteiger partial charge in [0.1, 0.15) is 6.04 Å². The Bertz CT molecular complexity index is 355. The number of hydrogen-bond donors (Lipinski definition) is 2. The zero-order chi connectivity index (χ0) is 14.3. The lowest BCUT2D eigenvalue weighted by Crippen LogP contribution is -2.48. The molecular weight excluding hydrogens is 260 g/mol. The molecular formula is C10H22N2O5S. The fourth-order valence-corrected chi connectivity index (χ4v) is 2.33. The second kappa shape index (κ2) is 7.67. The van der Waals surface area contributed by atoms with Crippen LogP contribution in [0.25, 0.3) is 0 Å². The molecule has 7 nitrogen and oxygen atoms in total. The highest BCUT2D eigenvalue weighted by Crippen LogP contribution is 2.07. The summed E-state index contributed by atoms with van der Waals surface area (Å²) in [5, 5.41) is 8.97. The third kappa shape index (κ3) is 6.29. The topological polar surface area (TPSA) is 95.9 Å². The molecule has 0 saturated heterocycles. The molecule has 0 aliphatic rings. The number of hydrogen-bond acceptors (Lipinski definition) is 4. The van der Waals surface area contributed by atoms with Crippen molar-refractivity contribution in [3.8, 4) is 0 Å². The van der Waals surface area contributed by atoms with Gasteiger partial charge in [-0.05, 0) is 12.3 Å². The summed E-state index contributed by atoms with van der Waals surface area (Å²) in [4.78, 5) is 11.0. The molecule has 0 saturated carbocycles. The Morgan fingerprint density at radius 2 is 2.00 bits per heavy atom. The van der Waals surface area contributed by atoms with Gasteiger partial charge in [0.25, 0.3) is 10.2 Å². The number of aliphatic carboxylic acids is 1. The molecule has 0 aromatic heterocycles. The Kier molecular flexibility index (Phi) is 7.37. The van der Waals surface area contributed by atoms with Gasteiger partial charge in [0.05, 0.1) is 6.61 Å². The minimum Gasteiger partial charge on any atom is -0.480 e. The van der Waals surface area contributed by atoms with Crippen LogP contribution in [0.15, 0.2) is 0 Å². The van der Waals surface area contributed by atoms with Crippen molar-refractivity contribution in [1.29, 1.82) is 0 Å². The Morgan fingerprint density at radius 3 is 2.39 bits per heavy atom. The number of rotatable bonds is 9. The quantitative estimate of drug-likeness (QED) is 0.615. The van der Waals surface area contributed by atoms with Crippen molar-refractivity contribution in [3.05, 3.63) is 0 Å². The van der Waals surface area contributed by atoms with Crippen LogP contribution in [0.2, 0.25) is 0 Å². The zero-order valence-corrected chi connectivity index (χ0v) is 12.0. The molecule has 18 heavy (non-hydrogen) atoms. The van der Waals surface area contributed by atoms with Crippen LogP contribution in [0, 0.1) is 5.92 Å². The van der Waals surface area contributed by atoms with Crippen molar-refractivity contribution in [2.75, 3.05) is 27.3 Å².